The van der Waals surface area contributed by atoms with Gasteiger partial charge in [-0.3, -0.25) is 4.79 Å². The first kappa shape index (κ1) is 24.1. The topological polar surface area (TPSA) is 79.0 Å². The summed E-state index contributed by atoms with van der Waals surface area (Å²) in [6.07, 6.45) is 2.42. The number of nitrogens with one attached hydrogen (secondary N) is 1. The van der Waals surface area contributed by atoms with Crippen molar-refractivity contribution in [3.8, 4) is 5.75 Å². The molecule has 1 atom stereocenters. The summed E-state index contributed by atoms with van der Waals surface area (Å²) in [5.74, 6) is 0.998. The molecule has 1 saturated heterocycles. The number of likely N-dealkylation sites (N-methyl/N-ethyl adjacent to an activating group) is 1. The third kappa shape index (κ3) is 5.81. The zero-order chi connectivity index (χ0) is 23.3. The Labute approximate surface area is 191 Å². The standard InChI is InChI=1S/C24H33N3O4S/c1-18-13-15-27(16-14-18)21-7-5-20(6-8-21)19(2)25-24(28)17-26(3)32(29,30)23-11-9-22(31-4)10-12-23/h5-12,18-19H,13-17H2,1-4H3,(H,25,28)/t19-/m0/s1. The Kier molecular flexibility index (Phi) is 7.79. The second-order valence-electron chi connectivity index (χ2n) is 8.49. The van der Waals surface area contributed by atoms with Gasteiger partial charge in [-0.25, -0.2) is 8.42 Å². The number of nitrogens with zero attached hydrogens (tertiary/aromatic N) is 2. The van der Waals surface area contributed by atoms with E-state index < -0.39 is 10.0 Å². The number of benzene rings is 2. The maximum Gasteiger partial charge on any atom is 0.243 e. The highest BCUT2D eigenvalue weighted by Gasteiger charge is 2.24. The third-order valence-electron chi connectivity index (χ3n) is 6.05. The molecule has 0 aliphatic carbocycles. The van der Waals surface area contributed by atoms with Gasteiger partial charge in [0.2, 0.25) is 15.9 Å². The van der Waals surface area contributed by atoms with Crippen LogP contribution in [0.3, 0.4) is 0 Å². The summed E-state index contributed by atoms with van der Waals surface area (Å²) in [4.78, 5) is 15.0. The predicted octanol–water partition coefficient (Wildman–Crippen LogP) is 3.43. The number of rotatable bonds is 8. The van der Waals surface area contributed by atoms with E-state index in [4.69, 9.17) is 4.74 Å². The summed E-state index contributed by atoms with van der Waals surface area (Å²) in [6.45, 7) is 6.07. The Bertz CT molecular complexity index is 999. The molecule has 7 nitrogen and oxygen atoms in total. The number of sulfonamides is 1. The molecule has 1 aliphatic rings. The van der Waals surface area contributed by atoms with Crippen molar-refractivity contribution in [3.05, 3.63) is 54.1 Å². The normalized spacial score (nSPS) is 16.1. The first-order valence-electron chi connectivity index (χ1n) is 11.0. The lowest BCUT2D eigenvalue weighted by Crippen LogP contribution is -2.39. The molecule has 2 aromatic rings. The molecule has 1 N–H and O–H groups in total. The highest BCUT2D eigenvalue weighted by molar-refractivity contribution is 7.89. The van der Waals surface area contributed by atoms with Crippen LogP contribution < -0.4 is 15.0 Å². The van der Waals surface area contributed by atoms with Crippen molar-refractivity contribution < 1.29 is 17.9 Å². The van der Waals surface area contributed by atoms with Gasteiger partial charge < -0.3 is 15.0 Å². The van der Waals surface area contributed by atoms with Crippen LogP contribution in [0.15, 0.2) is 53.4 Å². The van der Waals surface area contributed by atoms with Gasteiger partial charge in [0, 0.05) is 25.8 Å². The van der Waals surface area contributed by atoms with E-state index in [1.165, 1.54) is 44.8 Å². The Morgan fingerprint density at radius 1 is 1.12 bits per heavy atom. The van der Waals surface area contributed by atoms with Crippen molar-refractivity contribution in [1.82, 2.24) is 9.62 Å². The summed E-state index contributed by atoms with van der Waals surface area (Å²) < 4.78 is 31.6. The molecule has 0 spiro atoms. The van der Waals surface area contributed by atoms with Crippen molar-refractivity contribution in [2.75, 3.05) is 38.7 Å². The van der Waals surface area contributed by atoms with E-state index >= 15 is 0 Å². The predicted molar refractivity (Wildman–Crippen MR) is 126 cm³/mol. The molecule has 0 aromatic heterocycles. The lowest BCUT2D eigenvalue weighted by atomic mass is 9.98. The first-order chi connectivity index (χ1) is 15.2. The molecule has 1 fully saturated rings. The minimum Gasteiger partial charge on any atom is -0.497 e. The maximum absolute atomic E-state index is 12.7. The fourth-order valence-electron chi connectivity index (χ4n) is 3.83. The SMILES string of the molecule is COc1ccc(S(=O)(=O)N(C)CC(=O)N[C@@H](C)c2ccc(N3CCC(C)CC3)cc2)cc1. The molecular weight excluding hydrogens is 426 g/mol. The molecule has 1 heterocycles. The third-order valence-corrected chi connectivity index (χ3v) is 7.87. The maximum atomic E-state index is 12.7. The van der Waals surface area contributed by atoms with Crippen LogP contribution in [-0.2, 0) is 14.8 Å². The van der Waals surface area contributed by atoms with Crippen molar-refractivity contribution in [2.24, 2.45) is 5.92 Å². The second kappa shape index (κ2) is 10.4. The molecular formula is C24H33N3O4S. The Morgan fingerprint density at radius 2 is 1.72 bits per heavy atom. The number of piperidine rings is 1. The molecule has 32 heavy (non-hydrogen) atoms. The smallest absolute Gasteiger partial charge is 0.243 e. The van der Waals surface area contributed by atoms with Crippen molar-refractivity contribution in [1.29, 1.82) is 0 Å². The minimum absolute atomic E-state index is 0.115. The fraction of sp³-hybridized carbons (Fsp3) is 0.458. The quantitative estimate of drug-likeness (QED) is 0.654. The van der Waals surface area contributed by atoms with Crippen LogP contribution in [0.5, 0.6) is 5.75 Å². The molecule has 0 bridgehead atoms. The molecule has 0 radical (unpaired) electrons. The number of hydrogen-bond donors (Lipinski definition) is 1. The van der Waals surface area contributed by atoms with Gasteiger partial charge in [-0.15, -0.1) is 0 Å². The number of methoxy groups -OCH3 is 1. The summed E-state index contributed by atoms with van der Waals surface area (Å²) in [5, 5.41) is 2.90. The summed E-state index contributed by atoms with van der Waals surface area (Å²) in [5.41, 5.74) is 2.18. The van der Waals surface area contributed by atoms with Gasteiger partial charge >= 0.3 is 0 Å². The Hall–Kier alpha value is -2.58. The Morgan fingerprint density at radius 3 is 2.28 bits per heavy atom. The molecule has 2 aromatic carbocycles. The number of anilines is 1. The van der Waals surface area contributed by atoms with E-state index in [-0.39, 0.29) is 23.4 Å². The van der Waals surface area contributed by atoms with Crippen LogP contribution in [-0.4, -0.2) is 52.4 Å². The van der Waals surface area contributed by atoms with Gasteiger partial charge in [-0.05, 0) is 67.6 Å². The van der Waals surface area contributed by atoms with E-state index in [1.807, 2.05) is 19.1 Å². The van der Waals surface area contributed by atoms with E-state index in [9.17, 15) is 13.2 Å². The van der Waals surface area contributed by atoms with Crippen molar-refractivity contribution in [2.45, 2.75) is 37.6 Å². The van der Waals surface area contributed by atoms with Gasteiger partial charge in [-0.1, -0.05) is 19.1 Å². The van der Waals surface area contributed by atoms with Crippen LogP contribution in [0.2, 0.25) is 0 Å². The van der Waals surface area contributed by atoms with Crippen molar-refractivity contribution in [3.63, 3.8) is 0 Å². The second-order valence-corrected chi connectivity index (χ2v) is 10.5. The van der Waals surface area contributed by atoms with E-state index in [0.717, 1.165) is 28.9 Å². The monoisotopic (exact) mass is 459 g/mol. The first-order valence-corrected chi connectivity index (χ1v) is 12.4. The molecule has 1 amide bonds. The number of carbonyl (C=O) groups excluding carboxylic acids is 1. The molecule has 0 unspecified atom stereocenters. The number of carbonyl (C=O) groups is 1. The summed E-state index contributed by atoms with van der Waals surface area (Å²) in [6, 6.07) is 14.1. The zero-order valence-electron chi connectivity index (χ0n) is 19.2. The van der Waals surface area contributed by atoms with Gasteiger partial charge in [0.05, 0.1) is 24.6 Å². The van der Waals surface area contributed by atoms with Gasteiger partial charge in [0.25, 0.3) is 0 Å². The molecule has 1 aliphatic heterocycles. The Balaban J connectivity index is 1.56. The summed E-state index contributed by atoms with van der Waals surface area (Å²) >= 11 is 0. The van der Waals surface area contributed by atoms with Gasteiger partial charge in [0.1, 0.15) is 5.75 Å². The van der Waals surface area contributed by atoms with E-state index in [0.29, 0.717) is 5.75 Å². The fourth-order valence-corrected chi connectivity index (χ4v) is 4.95. The minimum atomic E-state index is -3.77. The number of hydrogen-bond acceptors (Lipinski definition) is 5. The molecule has 3 rings (SSSR count). The molecule has 8 heteroatoms. The van der Waals surface area contributed by atoms with Crippen LogP contribution in [0.1, 0.15) is 38.3 Å². The van der Waals surface area contributed by atoms with E-state index in [1.54, 1.807) is 12.1 Å². The van der Waals surface area contributed by atoms with Gasteiger partial charge in [0.15, 0.2) is 0 Å². The number of ether oxygens (including phenoxy) is 1. The van der Waals surface area contributed by atoms with E-state index in [2.05, 4.69) is 29.3 Å². The van der Waals surface area contributed by atoms with Crippen LogP contribution in [0, 0.1) is 5.92 Å². The molecule has 0 saturated carbocycles. The number of amides is 1. The lowest BCUT2D eigenvalue weighted by molar-refractivity contribution is -0.121. The van der Waals surface area contributed by atoms with Crippen molar-refractivity contribution >= 4 is 21.6 Å². The zero-order valence-corrected chi connectivity index (χ0v) is 20.1. The average Bonchev–Trinajstić information content (AvgIpc) is 2.79. The van der Waals surface area contributed by atoms with Crippen LogP contribution in [0.25, 0.3) is 0 Å². The highest BCUT2D eigenvalue weighted by Crippen LogP contribution is 2.25. The highest BCUT2D eigenvalue weighted by atomic mass is 32.2. The van der Waals surface area contributed by atoms with Crippen LogP contribution in [0.4, 0.5) is 5.69 Å². The van der Waals surface area contributed by atoms with Gasteiger partial charge in [-0.2, -0.15) is 4.31 Å². The van der Waals surface area contributed by atoms with Crippen LogP contribution >= 0.6 is 0 Å². The lowest BCUT2D eigenvalue weighted by Gasteiger charge is -2.32. The molecule has 174 valence electrons. The summed E-state index contributed by atoms with van der Waals surface area (Å²) in [7, 11) is -0.853. The average molecular weight is 460 g/mol. The largest absolute Gasteiger partial charge is 0.497 e.